The minimum Gasteiger partial charge on any atom is -0.497 e. The number of esters is 1. The molecule has 3 aliphatic carbocycles. The van der Waals surface area contributed by atoms with E-state index in [9.17, 15) is 9.90 Å². The zero-order valence-electron chi connectivity index (χ0n) is 16.7. The summed E-state index contributed by atoms with van der Waals surface area (Å²) in [5, 5.41) is 11.0. The molecule has 4 rings (SSSR count). The molecule has 4 heteroatoms. The molecule has 3 saturated carbocycles. The van der Waals surface area contributed by atoms with Gasteiger partial charge in [-0.15, -0.1) is 0 Å². The van der Waals surface area contributed by atoms with Gasteiger partial charge in [0.1, 0.15) is 11.9 Å². The number of hydrogen-bond acceptors (Lipinski definition) is 4. The molecule has 0 aromatic heterocycles. The van der Waals surface area contributed by atoms with Crippen molar-refractivity contribution in [3.63, 3.8) is 0 Å². The normalized spacial score (nSPS) is 39.1. The fourth-order valence-corrected chi connectivity index (χ4v) is 6.02. The number of methoxy groups -OCH3 is 1. The molecule has 4 nitrogen and oxygen atoms in total. The van der Waals surface area contributed by atoms with Crippen LogP contribution in [0.2, 0.25) is 0 Å². The smallest absolute Gasteiger partial charge is 0.338 e. The molecule has 1 aromatic rings. The van der Waals surface area contributed by atoms with Gasteiger partial charge in [-0.2, -0.15) is 0 Å². The summed E-state index contributed by atoms with van der Waals surface area (Å²) >= 11 is 0. The number of benzene rings is 1. The van der Waals surface area contributed by atoms with Crippen LogP contribution in [0, 0.1) is 29.1 Å². The van der Waals surface area contributed by atoms with Crippen LogP contribution in [0.25, 0.3) is 0 Å². The Balaban J connectivity index is 1.57. The van der Waals surface area contributed by atoms with E-state index in [2.05, 4.69) is 20.4 Å². The first-order chi connectivity index (χ1) is 12.7. The molecule has 1 N–H and O–H groups in total. The molecule has 27 heavy (non-hydrogen) atoms. The summed E-state index contributed by atoms with van der Waals surface area (Å²) in [4.78, 5) is 12.7. The number of carbonyl (C=O) groups is 1. The van der Waals surface area contributed by atoms with Crippen molar-refractivity contribution in [3.8, 4) is 5.75 Å². The van der Waals surface area contributed by atoms with Gasteiger partial charge in [-0.1, -0.05) is 26.0 Å². The van der Waals surface area contributed by atoms with E-state index in [0.29, 0.717) is 29.6 Å². The van der Waals surface area contributed by atoms with E-state index in [1.165, 1.54) is 0 Å². The van der Waals surface area contributed by atoms with Gasteiger partial charge in [-0.05, 0) is 67.2 Å². The third-order valence-corrected chi connectivity index (χ3v) is 7.47. The van der Waals surface area contributed by atoms with Crippen LogP contribution < -0.4 is 4.74 Å². The van der Waals surface area contributed by atoms with Gasteiger partial charge in [0.2, 0.25) is 0 Å². The Kier molecular flexibility index (Phi) is 4.19. The van der Waals surface area contributed by atoms with E-state index in [-0.39, 0.29) is 29.3 Å². The van der Waals surface area contributed by atoms with Crippen LogP contribution in [-0.2, 0) is 4.74 Å². The summed E-state index contributed by atoms with van der Waals surface area (Å²) in [6.07, 6.45) is 2.34. The van der Waals surface area contributed by atoms with Gasteiger partial charge >= 0.3 is 5.97 Å². The zero-order valence-corrected chi connectivity index (χ0v) is 16.7. The minimum absolute atomic E-state index is 0.0722. The van der Waals surface area contributed by atoms with Crippen LogP contribution in [0.4, 0.5) is 0 Å². The number of aliphatic hydroxyl groups is 1. The van der Waals surface area contributed by atoms with E-state index in [0.717, 1.165) is 18.4 Å². The Bertz CT molecular complexity index is 761. The molecule has 0 bridgehead atoms. The second kappa shape index (κ2) is 6.10. The van der Waals surface area contributed by atoms with Gasteiger partial charge in [0.05, 0.1) is 18.3 Å². The standard InChI is InChI=1S/C23H30O4/c1-13-12-17(27-21(24)14-6-8-15(26-5)9-7-14)19-20(22(19,2)3)18-16(13)10-11-23(18,4)25/h6-9,16-20,25H,1,10-12H2,2-5H3/t16-,17-,18+,19+,20-,23+/m0/s1. The van der Waals surface area contributed by atoms with Crippen molar-refractivity contribution in [2.24, 2.45) is 29.1 Å². The average molecular weight is 370 g/mol. The van der Waals surface area contributed by atoms with Crippen molar-refractivity contribution < 1.29 is 19.4 Å². The van der Waals surface area contributed by atoms with Crippen molar-refractivity contribution in [3.05, 3.63) is 42.0 Å². The monoisotopic (exact) mass is 370 g/mol. The zero-order chi connectivity index (χ0) is 19.6. The molecule has 0 unspecified atom stereocenters. The lowest BCUT2D eigenvalue weighted by Gasteiger charge is -2.31. The highest BCUT2D eigenvalue weighted by Gasteiger charge is 2.70. The van der Waals surface area contributed by atoms with E-state index in [4.69, 9.17) is 9.47 Å². The lowest BCUT2D eigenvalue weighted by molar-refractivity contribution is -0.00296. The van der Waals surface area contributed by atoms with Crippen LogP contribution in [-0.4, -0.2) is 29.9 Å². The highest BCUT2D eigenvalue weighted by molar-refractivity contribution is 5.89. The van der Waals surface area contributed by atoms with Crippen LogP contribution >= 0.6 is 0 Å². The third kappa shape index (κ3) is 2.89. The molecule has 0 radical (unpaired) electrons. The van der Waals surface area contributed by atoms with Gasteiger partial charge in [-0.25, -0.2) is 4.79 Å². The maximum absolute atomic E-state index is 12.7. The van der Waals surface area contributed by atoms with Gasteiger partial charge < -0.3 is 14.6 Å². The molecular weight excluding hydrogens is 340 g/mol. The first-order valence-corrected chi connectivity index (χ1v) is 9.92. The topological polar surface area (TPSA) is 55.8 Å². The highest BCUT2D eigenvalue weighted by atomic mass is 16.5. The summed E-state index contributed by atoms with van der Waals surface area (Å²) in [5.74, 6) is 1.61. The Hall–Kier alpha value is -1.81. The van der Waals surface area contributed by atoms with Crippen molar-refractivity contribution >= 4 is 5.97 Å². The minimum atomic E-state index is -0.654. The van der Waals surface area contributed by atoms with E-state index in [1.54, 1.807) is 31.4 Å². The summed E-state index contributed by atoms with van der Waals surface area (Å²) < 4.78 is 11.2. The van der Waals surface area contributed by atoms with Crippen LogP contribution in [0.1, 0.15) is 50.4 Å². The van der Waals surface area contributed by atoms with Crippen molar-refractivity contribution in [2.75, 3.05) is 7.11 Å². The quantitative estimate of drug-likeness (QED) is 0.639. The largest absolute Gasteiger partial charge is 0.497 e. The molecular formula is C23H30O4. The Labute approximate surface area is 161 Å². The predicted molar refractivity (Wildman–Crippen MR) is 104 cm³/mol. The lowest BCUT2D eigenvalue weighted by atomic mass is 9.77. The molecule has 3 fully saturated rings. The molecule has 1 aromatic carbocycles. The molecule has 0 aliphatic heterocycles. The van der Waals surface area contributed by atoms with Gasteiger partial charge in [0.25, 0.3) is 0 Å². The van der Waals surface area contributed by atoms with Crippen molar-refractivity contribution in [1.82, 2.24) is 0 Å². The Morgan fingerprint density at radius 1 is 1.15 bits per heavy atom. The highest BCUT2D eigenvalue weighted by Crippen LogP contribution is 2.71. The van der Waals surface area contributed by atoms with Gasteiger partial charge in [-0.3, -0.25) is 0 Å². The number of fused-ring (bicyclic) bond motifs is 3. The molecule has 6 atom stereocenters. The Morgan fingerprint density at radius 2 is 1.81 bits per heavy atom. The SMILES string of the molecule is C=C1C[C@H](OC(=O)c2ccc(OC)cc2)[C@@H]2[C@H]([C@H]3[C@H]1CC[C@@]3(C)O)C2(C)C. The fraction of sp³-hybridized carbons (Fsp3) is 0.609. The summed E-state index contributed by atoms with van der Waals surface area (Å²) in [6.45, 7) is 10.8. The summed E-state index contributed by atoms with van der Waals surface area (Å²) in [6, 6.07) is 7.02. The average Bonchev–Trinajstić information content (AvgIpc) is 3.08. The van der Waals surface area contributed by atoms with Crippen LogP contribution in [0.15, 0.2) is 36.4 Å². The van der Waals surface area contributed by atoms with Gasteiger partial charge in [0.15, 0.2) is 0 Å². The molecule has 0 saturated heterocycles. The summed E-state index contributed by atoms with van der Waals surface area (Å²) in [5.41, 5.74) is 1.09. The lowest BCUT2D eigenvalue weighted by Crippen LogP contribution is -2.34. The van der Waals surface area contributed by atoms with Crippen molar-refractivity contribution in [1.29, 1.82) is 0 Å². The molecule has 146 valence electrons. The predicted octanol–water partition coefficient (Wildman–Crippen LogP) is 4.23. The molecule has 0 amide bonds. The van der Waals surface area contributed by atoms with Crippen molar-refractivity contribution in [2.45, 2.75) is 51.7 Å². The second-order valence-corrected chi connectivity index (χ2v) is 9.44. The number of ether oxygens (including phenoxy) is 2. The molecule has 0 spiro atoms. The first-order valence-electron chi connectivity index (χ1n) is 9.92. The van der Waals surface area contributed by atoms with E-state index < -0.39 is 5.60 Å². The van der Waals surface area contributed by atoms with Crippen LogP contribution in [0.3, 0.4) is 0 Å². The van der Waals surface area contributed by atoms with Gasteiger partial charge in [0, 0.05) is 12.3 Å². The third-order valence-electron chi connectivity index (χ3n) is 7.47. The number of rotatable bonds is 3. The number of carbonyl (C=O) groups excluding carboxylic acids is 1. The van der Waals surface area contributed by atoms with E-state index in [1.807, 2.05) is 6.92 Å². The molecule has 3 aliphatic rings. The van der Waals surface area contributed by atoms with Crippen LogP contribution in [0.5, 0.6) is 5.75 Å². The molecule has 0 heterocycles. The Morgan fingerprint density at radius 3 is 2.44 bits per heavy atom. The van der Waals surface area contributed by atoms with E-state index >= 15 is 0 Å². The number of hydrogen-bond donors (Lipinski definition) is 1. The fourth-order valence-electron chi connectivity index (χ4n) is 6.02. The maximum Gasteiger partial charge on any atom is 0.338 e. The first kappa shape index (κ1) is 18.5. The summed E-state index contributed by atoms with van der Waals surface area (Å²) in [7, 11) is 1.60. The maximum atomic E-state index is 12.7. The second-order valence-electron chi connectivity index (χ2n) is 9.44.